The van der Waals surface area contributed by atoms with Crippen LogP contribution in [-0.2, 0) is 5.41 Å². The summed E-state index contributed by atoms with van der Waals surface area (Å²) < 4.78 is 5.82. The third-order valence-corrected chi connectivity index (χ3v) is 3.62. The third-order valence-electron chi connectivity index (χ3n) is 3.62. The van der Waals surface area contributed by atoms with Crippen LogP contribution in [0, 0.1) is 6.92 Å². The molecule has 0 amide bonds. The number of aryl methyl sites for hydroxylation is 1. The van der Waals surface area contributed by atoms with E-state index in [1.807, 2.05) is 0 Å². The van der Waals surface area contributed by atoms with E-state index in [-0.39, 0.29) is 6.10 Å². The molecule has 18 heavy (non-hydrogen) atoms. The summed E-state index contributed by atoms with van der Waals surface area (Å²) in [5.41, 5.74) is 3.25. The first-order chi connectivity index (χ1) is 8.43. The first-order valence-corrected chi connectivity index (χ1v) is 6.85. The SMILES string of the molecule is Cc1ccc(OC(C)C)cc1C1(CN(C)C)CC1. The van der Waals surface area contributed by atoms with Crippen molar-refractivity contribution >= 4 is 0 Å². The van der Waals surface area contributed by atoms with E-state index in [1.165, 1.54) is 24.0 Å². The van der Waals surface area contributed by atoms with Gasteiger partial charge in [0.1, 0.15) is 5.75 Å². The Morgan fingerprint density at radius 1 is 1.28 bits per heavy atom. The monoisotopic (exact) mass is 247 g/mol. The van der Waals surface area contributed by atoms with Gasteiger partial charge in [0, 0.05) is 12.0 Å². The van der Waals surface area contributed by atoms with Crippen LogP contribution in [-0.4, -0.2) is 31.6 Å². The molecule has 0 bridgehead atoms. The molecule has 2 rings (SSSR count). The highest BCUT2D eigenvalue weighted by atomic mass is 16.5. The summed E-state index contributed by atoms with van der Waals surface area (Å²) in [7, 11) is 4.31. The summed E-state index contributed by atoms with van der Waals surface area (Å²) >= 11 is 0. The molecule has 0 heterocycles. The van der Waals surface area contributed by atoms with Crippen LogP contribution in [0.3, 0.4) is 0 Å². The third kappa shape index (κ3) is 2.86. The quantitative estimate of drug-likeness (QED) is 0.791. The fourth-order valence-corrected chi connectivity index (χ4v) is 2.79. The molecule has 0 aliphatic heterocycles. The van der Waals surface area contributed by atoms with E-state index < -0.39 is 0 Å². The summed E-state index contributed by atoms with van der Waals surface area (Å²) in [5, 5.41) is 0. The number of hydrogen-bond acceptors (Lipinski definition) is 2. The molecule has 2 nitrogen and oxygen atoms in total. The molecule has 0 atom stereocenters. The fraction of sp³-hybridized carbons (Fsp3) is 0.625. The zero-order chi connectivity index (χ0) is 13.3. The number of benzene rings is 1. The minimum atomic E-state index is 0.240. The van der Waals surface area contributed by atoms with Crippen LogP contribution in [0.15, 0.2) is 18.2 Å². The van der Waals surface area contributed by atoms with Crippen molar-refractivity contribution in [2.75, 3.05) is 20.6 Å². The maximum Gasteiger partial charge on any atom is 0.119 e. The summed E-state index contributed by atoms with van der Waals surface area (Å²) in [6.45, 7) is 7.50. The van der Waals surface area contributed by atoms with E-state index >= 15 is 0 Å². The second-order valence-electron chi connectivity index (χ2n) is 6.16. The molecule has 1 fully saturated rings. The van der Waals surface area contributed by atoms with Gasteiger partial charge < -0.3 is 9.64 Å². The highest BCUT2D eigenvalue weighted by Gasteiger charge is 2.45. The first-order valence-electron chi connectivity index (χ1n) is 6.85. The Hall–Kier alpha value is -1.02. The summed E-state index contributed by atoms with van der Waals surface area (Å²) in [4.78, 5) is 2.29. The van der Waals surface area contributed by atoms with Crippen molar-refractivity contribution in [1.82, 2.24) is 4.90 Å². The van der Waals surface area contributed by atoms with Gasteiger partial charge >= 0.3 is 0 Å². The first kappa shape index (κ1) is 13.4. The Balaban J connectivity index is 2.26. The van der Waals surface area contributed by atoms with Gasteiger partial charge in [0.15, 0.2) is 0 Å². The average Bonchev–Trinajstić information content (AvgIpc) is 3.00. The normalized spacial score (nSPS) is 17.3. The Morgan fingerprint density at radius 2 is 1.94 bits per heavy atom. The second-order valence-corrected chi connectivity index (χ2v) is 6.16. The van der Waals surface area contributed by atoms with E-state index in [0.717, 1.165) is 12.3 Å². The Labute approximate surface area is 111 Å². The lowest BCUT2D eigenvalue weighted by Gasteiger charge is -2.23. The summed E-state index contributed by atoms with van der Waals surface area (Å²) in [6.07, 6.45) is 2.85. The Morgan fingerprint density at radius 3 is 2.44 bits per heavy atom. The predicted octanol–water partition coefficient (Wildman–Crippen LogP) is 3.38. The van der Waals surface area contributed by atoms with E-state index in [0.29, 0.717) is 5.41 Å². The van der Waals surface area contributed by atoms with Crippen molar-refractivity contribution in [3.05, 3.63) is 29.3 Å². The number of ether oxygens (including phenoxy) is 1. The molecule has 1 saturated carbocycles. The van der Waals surface area contributed by atoms with Crippen LogP contribution < -0.4 is 4.74 Å². The largest absolute Gasteiger partial charge is 0.491 e. The van der Waals surface area contributed by atoms with Gasteiger partial charge in [0.25, 0.3) is 0 Å². The second kappa shape index (κ2) is 4.93. The molecular weight excluding hydrogens is 222 g/mol. The van der Waals surface area contributed by atoms with E-state index in [4.69, 9.17) is 4.74 Å². The Kier molecular flexibility index (Phi) is 3.67. The molecule has 2 heteroatoms. The zero-order valence-corrected chi connectivity index (χ0v) is 12.3. The standard InChI is InChI=1S/C16H25NO/c1-12(2)18-14-7-6-13(3)15(10-14)16(8-9-16)11-17(4)5/h6-7,10,12H,8-9,11H2,1-5H3. The van der Waals surface area contributed by atoms with Crippen LogP contribution >= 0.6 is 0 Å². The van der Waals surface area contributed by atoms with Crippen molar-refractivity contribution in [2.24, 2.45) is 0 Å². The lowest BCUT2D eigenvalue weighted by Crippen LogP contribution is -2.26. The smallest absolute Gasteiger partial charge is 0.119 e. The molecule has 1 aliphatic rings. The molecule has 1 aromatic rings. The van der Waals surface area contributed by atoms with Crippen LogP contribution in [0.4, 0.5) is 0 Å². The van der Waals surface area contributed by atoms with Crippen molar-refractivity contribution in [3.63, 3.8) is 0 Å². The Bertz CT molecular complexity index is 419. The van der Waals surface area contributed by atoms with Crippen molar-refractivity contribution in [3.8, 4) is 5.75 Å². The van der Waals surface area contributed by atoms with Crippen molar-refractivity contribution in [2.45, 2.75) is 45.1 Å². The molecule has 1 aromatic carbocycles. The summed E-state index contributed by atoms with van der Waals surface area (Å²) in [5.74, 6) is 1.01. The number of likely N-dealkylation sites (N-methyl/N-ethyl adjacent to an activating group) is 1. The lowest BCUT2D eigenvalue weighted by molar-refractivity contribution is 0.241. The minimum absolute atomic E-state index is 0.240. The highest BCUT2D eigenvalue weighted by molar-refractivity contribution is 5.43. The predicted molar refractivity (Wildman–Crippen MR) is 76.4 cm³/mol. The van der Waals surface area contributed by atoms with Gasteiger partial charge in [0.2, 0.25) is 0 Å². The topological polar surface area (TPSA) is 12.5 Å². The fourth-order valence-electron chi connectivity index (χ4n) is 2.79. The molecule has 0 spiro atoms. The number of hydrogen-bond donors (Lipinski definition) is 0. The van der Waals surface area contributed by atoms with E-state index in [9.17, 15) is 0 Å². The maximum atomic E-state index is 5.82. The molecular formula is C16H25NO. The number of rotatable bonds is 5. The maximum absolute atomic E-state index is 5.82. The van der Waals surface area contributed by atoms with Crippen molar-refractivity contribution < 1.29 is 4.74 Å². The van der Waals surface area contributed by atoms with Gasteiger partial charge in [-0.1, -0.05) is 6.07 Å². The molecule has 0 N–H and O–H groups in total. The van der Waals surface area contributed by atoms with Crippen LogP contribution in [0.2, 0.25) is 0 Å². The summed E-state index contributed by atoms with van der Waals surface area (Å²) in [6, 6.07) is 6.54. The minimum Gasteiger partial charge on any atom is -0.491 e. The van der Waals surface area contributed by atoms with Crippen molar-refractivity contribution in [1.29, 1.82) is 0 Å². The van der Waals surface area contributed by atoms with E-state index in [1.54, 1.807) is 0 Å². The van der Waals surface area contributed by atoms with Crippen LogP contribution in [0.25, 0.3) is 0 Å². The molecule has 0 saturated heterocycles. The molecule has 0 unspecified atom stereocenters. The zero-order valence-electron chi connectivity index (χ0n) is 12.3. The molecule has 1 aliphatic carbocycles. The highest BCUT2D eigenvalue weighted by Crippen LogP contribution is 2.50. The average molecular weight is 247 g/mol. The molecule has 100 valence electrons. The van der Waals surface area contributed by atoms with Gasteiger partial charge in [0.05, 0.1) is 6.10 Å². The van der Waals surface area contributed by atoms with Gasteiger partial charge in [-0.05, 0) is 71.0 Å². The van der Waals surface area contributed by atoms with Gasteiger partial charge in [-0.2, -0.15) is 0 Å². The number of nitrogens with zero attached hydrogens (tertiary/aromatic N) is 1. The molecule has 0 aromatic heterocycles. The van der Waals surface area contributed by atoms with Gasteiger partial charge in [-0.3, -0.25) is 0 Å². The van der Waals surface area contributed by atoms with Gasteiger partial charge in [-0.15, -0.1) is 0 Å². The molecule has 0 radical (unpaired) electrons. The van der Waals surface area contributed by atoms with Gasteiger partial charge in [-0.25, -0.2) is 0 Å². The van der Waals surface area contributed by atoms with Crippen LogP contribution in [0.5, 0.6) is 5.75 Å². The lowest BCUT2D eigenvalue weighted by atomic mass is 9.91. The van der Waals surface area contributed by atoms with Crippen LogP contribution in [0.1, 0.15) is 37.8 Å². The van der Waals surface area contributed by atoms with E-state index in [2.05, 4.69) is 58.0 Å².